The first kappa shape index (κ1) is 12.6. The molecule has 2 aliphatic rings. The van der Waals surface area contributed by atoms with E-state index in [9.17, 15) is 4.79 Å². The normalized spacial score (nSPS) is 21.2. The van der Waals surface area contributed by atoms with Gasteiger partial charge in [-0.1, -0.05) is 0 Å². The molecule has 2 fully saturated rings. The molecule has 0 bridgehead atoms. The van der Waals surface area contributed by atoms with Gasteiger partial charge in [0.25, 0.3) is 0 Å². The van der Waals surface area contributed by atoms with E-state index < -0.39 is 0 Å². The summed E-state index contributed by atoms with van der Waals surface area (Å²) in [7, 11) is 0. The van der Waals surface area contributed by atoms with Crippen LogP contribution in [-0.4, -0.2) is 56.0 Å². The average Bonchev–Trinajstić information content (AvgIpc) is 2.39. The predicted octanol–water partition coefficient (Wildman–Crippen LogP) is 0.983. The second-order valence-electron chi connectivity index (χ2n) is 5.45. The summed E-state index contributed by atoms with van der Waals surface area (Å²) in [6.45, 7) is 8.40. The highest BCUT2D eigenvalue weighted by Crippen LogP contribution is 2.24. The van der Waals surface area contributed by atoms with Gasteiger partial charge in [0.15, 0.2) is 5.78 Å². The molecule has 2 saturated heterocycles. The van der Waals surface area contributed by atoms with Gasteiger partial charge in [0.2, 0.25) is 0 Å². The number of hydrogen-bond donors (Lipinski definition) is 1. The van der Waals surface area contributed by atoms with E-state index in [1.54, 1.807) is 6.92 Å². The fourth-order valence-electron chi connectivity index (χ4n) is 2.85. The zero-order valence-electron chi connectivity index (χ0n) is 11.4. The third kappa shape index (κ3) is 2.65. The molecule has 2 aliphatic heterocycles. The van der Waals surface area contributed by atoms with Crippen LogP contribution in [0.5, 0.6) is 0 Å². The second kappa shape index (κ2) is 5.31. The van der Waals surface area contributed by atoms with E-state index in [4.69, 9.17) is 0 Å². The van der Waals surface area contributed by atoms with Crippen molar-refractivity contribution < 1.29 is 4.79 Å². The van der Waals surface area contributed by atoms with Gasteiger partial charge in [-0.15, -0.1) is 0 Å². The Balaban J connectivity index is 1.56. The molecule has 102 valence electrons. The smallest absolute Gasteiger partial charge is 0.159 e. The summed E-state index contributed by atoms with van der Waals surface area (Å²) < 4.78 is 0. The monoisotopic (exact) mass is 259 g/mol. The maximum Gasteiger partial charge on any atom is 0.159 e. The number of piperazine rings is 1. The number of rotatable bonds is 3. The van der Waals surface area contributed by atoms with Gasteiger partial charge < -0.3 is 10.2 Å². The molecule has 0 atom stereocenters. The lowest BCUT2D eigenvalue weighted by molar-refractivity contribution is 0.101. The maximum absolute atomic E-state index is 11.2. The fraction of sp³-hybridized carbons (Fsp3) is 0.533. The van der Waals surface area contributed by atoms with Crippen molar-refractivity contribution in [2.45, 2.75) is 13.0 Å². The van der Waals surface area contributed by atoms with Crippen molar-refractivity contribution in [2.24, 2.45) is 0 Å². The summed E-state index contributed by atoms with van der Waals surface area (Å²) in [6, 6.07) is 8.68. The highest BCUT2D eigenvalue weighted by atomic mass is 16.1. The van der Waals surface area contributed by atoms with Gasteiger partial charge in [-0.3, -0.25) is 9.69 Å². The molecule has 1 aromatic carbocycles. The molecule has 0 spiro atoms. The average molecular weight is 259 g/mol. The van der Waals surface area contributed by atoms with E-state index in [2.05, 4.69) is 27.2 Å². The van der Waals surface area contributed by atoms with Crippen LogP contribution in [-0.2, 0) is 0 Å². The first-order valence-corrected chi connectivity index (χ1v) is 7.05. The largest absolute Gasteiger partial charge is 0.368 e. The molecule has 1 aromatic rings. The molecule has 0 aliphatic carbocycles. The number of ketones is 1. The molecule has 1 N–H and O–H groups in total. The zero-order valence-corrected chi connectivity index (χ0v) is 11.4. The number of nitrogens with zero attached hydrogens (tertiary/aromatic N) is 2. The minimum absolute atomic E-state index is 0.133. The summed E-state index contributed by atoms with van der Waals surface area (Å²) in [5, 5.41) is 3.39. The molecule has 0 amide bonds. The standard InChI is InChI=1S/C15H21N3O/c1-12(19)13-2-4-14(5-3-13)18-10-15(11-18)17-8-6-16-7-9-17/h2-5,15-16H,6-11H2,1H3. The van der Waals surface area contributed by atoms with Crippen molar-refractivity contribution >= 4 is 11.5 Å². The van der Waals surface area contributed by atoms with Crippen LogP contribution in [0.2, 0.25) is 0 Å². The molecule has 0 saturated carbocycles. The summed E-state index contributed by atoms with van der Waals surface area (Å²) in [5.41, 5.74) is 2.03. The second-order valence-corrected chi connectivity index (χ2v) is 5.45. The van der Waals surface area contributed by atoms with Gasteiger partial charge in [-0.05, 0) is 31.2 Å². The number of benzene rings is 1. The minimum atomic E-state index is 0.133. The number of carbonyl (C=O) groups excluding carboxylic acids is 1. The summed E-state index contributed by atoms with van der Waals surface area (Å²) in [4.78, 5) is 16.2. The SMILES string of the molecule is CC(=O)c1ccc(N2CC(N3CCNCC3)C2)cc1. The van der Waals surface area contributed by atoms with Gasteiger partial charge >= 0.3 is 0 Å². The third-order valence-electron chi connectivity index (χ3n) is 4.17. The molecule has 4 nitrogen and oxygen atoms in total. The van der Waals surface area contributed by atoms with Crippen LogP contribution in [0.25, 0.3) is 0 Å². The predicted molar refractivity (Wildman–Crippen MR) is 76.9 cm³/mol. The maximum atomic E-state index is 11.2. The van der Waals surface area contributed by atoms with Crippen molar-refractivity contribution in [3.63, 3.8) is 0 Å². The Kier molecular flexibility index (Phi) is 3.53. The van der Waals surface area contributed by atoms with E-state index in [1.807, 2.05) is 12.1 Å². The van der Waals surface area contributed by atoms with Crippen LogP contribution < -0.4 is 10.2 Å². The number of hydrogen-bond acceptors (Lipinski definition) is 4. The summed E-state index contributed by atoms with van der Waals surface area (Å²) in [6.07, 6.45) is 0. The Morgan fingerprint density at radius 2 is 1.79 bits per heavy atom. The Bertz CT molecular complexity index is 445. The highest BCUT2D eigenvalue weighted by Gasteiger charge is 2.32. The minimum Gasteiger partial charge on any atom is -0.368 e. The lowest BCUT2D eigenvalue weighted by Crippen LogP contribution is -2.62. The Morgan fingerprint density at radius 3 is 2.37 bits per heavy atom. The number of anilines is 1. The fourth-order valence-corrected chi connectivity index (χ4v) is 2.85. The quantitative estimate of drug-likeness (QED) is 0.821. The van der Waals surface area contributed by atoms with Crippen LogP contribution in [0.15, 0.2) is 24.3 Å². The molecule has 0 unspecified atom stereocenters. The van der Waals surface area contributed by atoms with Gasteiger partial charge in [-0.25, -0.2) is 0 Å². The Morgan fingerprint density at radius 1 is 1.16 bits per heavy atom. The van der Waals surface area contributed by atoms with Gasteiger partial charge in [-0.2, -0.15) is 0 Å². The Labute approximate surface area is 114 Å². The molecular weight excluding hydrogens is 238 g/mol. The third-order valence-corrected chi connectivity index (χ3v) is 4.17. The van der Waals surface area contributed by atoms with Crippen LogP contribution >= 0.6 is 0 Å². The molecule has 0 radical (unpaired) electrons. The van der Waals surface area contributed by atoms with Gasteiger partial charge in [0.05, 0.1) is 0 Å². The topological polar surface area (TPSA) is 35.6 Å². The first-order chi connectivity index (χ1) is 9.24. The van der Waals surface area contributed by atoms with Crippen LogP contribution in [0.1, 0.15) is 17.3 Å². The van der Waals surface area contributed by atoms with E-state index in [-0.39, 0.29) is 5.78 Å². The van der Waals surface area contributed by atoms with Crippen molar-refractivity contribution in [1.82, 2.24) is 10.2 Å². The molecule has 2 heterocycles. The molecule has 3 rings (SSSR count). The van der Waals surface area contributed by atoms with Gasteiger partial charge in [0, 0.05) is 56.6 Å². The van der Waals surface area contributed by atoms with Crippen molar-refractivity contribution in [1.29, 1.82) is 0 Å². The highest BCUT2D eigenvalue weighted by molar-refractivity contribution is 5.94. The molecule has 4 heteroatoms. The van der Waals surface area contributed by atoms with E-state index in [0.717, 1.165) is 31.7 Å². The van der Waals surface area contributed by atoms with E-state index in [0.29, 0.717) is 6.04 Å². The molecular formula is C15H21N3O. The van der Waals surface area contributed by atoms with Crippen LogP contribution in [0, 0.1) is 0 Å². The first-order valence-electron chi connectivity index (χ1n) is 7.05. The lowest BCUT2D eigenvalue weighted by atomic mass is 10.0. The van der Waals surface area contributed by atoms with Crippen molar-refractivity contribution in [2.75, 3.05) is 44.2 Å². The number of Topliss-reactive ketones (excluding diaryl/α,β-unsaturated/α-hetero) is 1. The van der Waals surface area contributed by atoms with E-state index in [1.165, 1.54) is 18.8 Å². The summed E-state index contributed by atoms with van der Waals surface area (Å²) >= 11 is 0. The van der Waals surface area contributed by atoms with Crippen molar-refractivity contribution in [3.05, 3.63) is 29.8 Å². The lowest BCUT2D eigenvalue weighted by Gasteiger charge is -2.48. The number of carbonyl (C=O) groups is 1. The van der Waals surface area contributed by atoms with Crippen LogP contribution in [0.3, 0.4) is 0 Å². The van der Waals surface area contributed by atoms with Crippen LogP contribution in [0.4, 0.5) is 5.69 Å². The molecule has 19 heavy (non-hydrogen) atoms. The molecule has 0 aromatic heterocycles. The number of nitrogens with one attached hydrogen (secondary N) is 1. The summed E-state index contributed by atoms with van der Waals surface area (Å²) in [5.74, 6) is 0.133. The van der Waals surface area contributed by atoms with Crippen molar-refractivity contribution in [3.8, 4) is 0 Å². The van der Waals surface area contributed by atoms with E-state index >= 15 is 0 Å². The zero-order chi connectivity index (χ0) is 13.2. The Hall–Kier alpha value is -1.39. The van der Waals surface area contributed by atoms with Gasteiger partial charge in [0.1, 0.15) is 0 Å².